The minimum Gasteiger partial charge on any atom is -0.487 e. The Bertz CT molecular complexity index is 627. The van der Waals surface area contributed by atoms with Gasteiger partial charge in [-0.3, -0.25) is 0 Å². The molecule has 0 aliphatic heterocycles. The average Bonchev–Trinajstić information content (AvgIpc) is 2.64. The minimum atomic E-state index is 0.549. The third-order valence-electron chi connectivity index (χ3n) is 3.90. The predicted octanol–water partition coefficient (Wildman–Crippen LogP) is 6.09. The van der Waals surface area contributed by atoms with Crippen LogP contribution in [0, 0.1) is 0 Å². The first-order chi connectivity index (χ1) is 12.7. The minimum absolute atomic E-state index is 0.549. The lowest BCUT2D eigenvalue weighted by Gasteiger charge is -2.13. The summed E-state index contributed by atoms with van der Waals surface area (Å²) < 4.78 is 13.5. The first-order valence-corrected chi connectivity index (χ1v) is 10.7. The van der Waals surface area contributed by atoms with Gasteiger partial charge in [0.2, 0.25) is 0 Å². The van der Waals surface area contributed by atoms with Gasteiger partial charge in [0.05, 0.1) is 8.95 Å². The highest BCUT2D eigenvalue weighted by Gasteiger charge is 2.09. The molecule has 5 heteroatoms. The van der Waals surface area contributed by atoms with Crippen LogP contribution in [0.2, 0.25) is 0 Å². The van der Waals surface area contributed by atoms with E-state index in [1.807, 2.05) is 18.2 Å². The van der Waals surface area contributed by atoms with Crippen molar-refractivity contribution in [3.05, 3.63) is 62.5 Å². The standard InChI is InChI=1S/C21H27Br2NO2/c1-2-3-11-25-12-7-10-24-15-18-13-19(22)21(20(23)14-18)26-16-17-8-5-4-6-9-17/h4-6,8-9,13-14,24H,2-3,7,10-12,15-16H2,1H3. The normalized spacial score (nSPS) is 10.9. The summed E-state index contributed by atoms with van der Waals surface area (Å²) in [5.41, 5.74) is 2.36. The highest BCUT2D eigenvalue weighted by atomic mass is 79.9. The zero-order valence-corrected chi connectivity index (χ0v) is 18.4. The van der Waals surface area contributed by atoms with Gasteiger partial charge in [-0.05, 0) is 74.5 Å². The molecule has 0 saturated heterocycles. The number of nitrogens with one attached hydrogen (secondary N) is 1. The van der Waals surface area contributed by atoms with E-state index in [0.717, 1.165) is 59.4 Å². The van der Waals surface area contributed by atoms with E-state index >= 15 is 0 Å². The molecule has 0 aliphatic rings. The van der Waals surface area contributed by atoms with Gasteiger partial charge in [0.15, 0.2) is 0 Å². The fourth-order valence-corrected chi connectivity index (χ4v) is 3.97. The van der Waals surface area contributed by atoms with Crippen molar-refractivity contribution in [3.63, 3.8) is 0 Å². The molecule has 0 radical (unpaired) electrons. The molecular weight excluding hydrogens is 458 g/mol. The van der Waals surface area contributed by atoms with Crippen molar-refractivity contribution in [1.82, 2.24) is 5.32 Å². The summed E-state index contributed by atoms with van der Waals surface area (Å²) in [6.45, 7) is 6.21. The van der Waals surface area contributed by atoms with Gasteiger partial charge in [-0.1, -0.05) is 43.7 Å². The maximum atomic E-state index is 5.97. The van der Waals surface area contributed by atoms with Crippen molar-refractivity contribution in [2.45, 2.75) is 39.3 Å². The van der Waals surface area contributed by atoms with Crippen molar-refractivity contribution in [2.24, 2.45) is 0 Å². The summed E-state index contributed by atoms with van der Waals surface area (Å²) in [5.74, 6) is 0.835. The van der Waals surface area contributed by atoms with E-state index in [1.54, 1.807) is 0 Å². The first kappa shape index (κ1) is 21.4. The largest absolute Gasteiger partial charge is 0.487 e. The predicted molar refractivity (Wildman–Crippen MR) is 115 cm³/mol. The van der Waals surface area contributed by atoms with Crippen LogP contribution in [0.1, 0.15) is 37.3 Å². The van der Waals surface area contributed by atoms with Gasteiger partial charge in [-0.2, -0.15) is 0 Å². The summed E-state index contributed by atoms with van der Waals surface area (Å²) in [4.78, 5) is 0. The monoisotopic (exact) mass is 483 g/mol. The van der Waals surface area contributed by atoms with Crippen LogP contribution in [0.15, 0.2) is 51.4 Å². The molecule has 2 aromatic carbocycles. The van der Waals surface area contributed by atoms with Crippen molar-refractivity contribution >= 4 is 31.9 Å². The van der Waals surface area contributed by atoms with E-state index in [-0.39, 0.29) is 0 Å². The fraction of sp³-hybridized carbons (Fsp3) is 0.429. The number of ether oxygens (including phenoxy) is 2. The lowest BCUT2D eigenvalue weighted by atomic mass is 10.2. The van der Waals surface area contributed by atoms with Crippen LogP contribution in [-0.2, 0) is 17.9 Å². The molecule has 1 N–H and O–H groups in total. The van der Waals surface area contributed by atoms with Crippen molar-refractivity contribution in [2.75, 3.05) is 19.8 Å². The van der Waals surface area contributed by atoms with Crippen molar-refractivity contribution in [3.8, 4) is 5.75 Å². The van der Waals surface area contributed by atoms with Gasteiger partial charge in [0.1, 0.15) is 12.4 Å². The molecule has 0 fully saturated rings. The Balaban J connectivity index is 1.75. The van der Waals surface area contributed by atoms with E-state index in [9.17, 15) is 0 Å². The Morgan fingerprint density at radius 3 is 2.31 bits per heavy atom. The lowest BCUT2D eigenvalue weighted by molar-refractivity contribution is 0.129. The first-order valence-electron chi connectivity index (χ1n) is 9.13. The molecular formula is C21H27Br2NO2. The summed E-state index contributed by atoms with van der Waals surface area (Å²) in [5, 5.41) is 3.46. The summed E-state index contributed by atoms with van der Waals surface area (Å²) >= 11 is 7.25. The number of benzene rings is 2. The third-order valence-corrected chi connectivity index (χ3v) is 5.08. The zero-order chi connectivity index (χ0) is 18.6. The molecule has 0 heterocycles. The zero-order valence-electron chi connectivity index (χ0n) is 15.3. The molecule has 0 amide bonds. The fourth-order valence-electron chi connectivity index (χ4n) is 2.46. The summed E-state index contributed by atoms with van der Waals surface area (Å²) in [6, 6.07) is 14.4. The Labute approximate surface area is 173 Å². The highest BCUT2D eigenvalue weighted by Crippen LogP contribution is 2.35. The van der Waals surface area contributed by atoms with Gasteiger partial charge in [0, 0.05) is 19.8 Å². The molecule has 0 saturated carbocycles. The SMILES string of the molecule is CCCCOCCCNCc1cc(Br)c(OCc2ccccc2)c(Br)c1. The Kier molecular flexibility index (Phi) is 10.3. The molecule has 26 heavy (non-hydrogen) atoms. The van der Waals surface area contributed by atoms with E-state index < -0.39 is 0 Å². The molecule has 142 valence electrons. The van der Waals surface area contributed by atoms with Crippen LogP contribution < -0.4 is 10.1 Å². The molecule has 2 rings (SSSR count). The second-order valence-electron chi connectivity index (χ2n) is 6.16. The molecule has 0 aliphatic carbocycles. The second kappa shape index (κ2) is 12.5. The van der Waals surface area contributed by atoms with Gasteiger partial charge < -0.3 is 14.8 Å². The molecule has 0 unspecified atom stereocenters. The smallest absolute Gasteiger partial charge is 0.148 e. The molecule has 3 nitrogen and oxygen atoms in total. The Morgan fingerprint density at radius 1 is 0.923 bits per heavy atom. The van der Waals surface area contributed by atoms with Crippen LogP contribution >= 0.6 is 31.9 Å². The molecule has 0 aromatic heterocycles. The maximum absolute atomic E-state index is 5.97. The molecule has 0 atom stereocenters. The van der Waals surface area contributed by atoms with E-state index in [4.69, 9.17) is 9.47 Å². The summed E-state index contributed by atoms with van der Waals surface area (Å²) in [7, 11) is 0. The van der Waals surface area contributed by atoms with Crippen molar-refractivity contribution < 1.29 is 9.47 Å². The topological polar surface area (TPSA) is 30.5 Å². The number of rotatable bonds is 12. The third kappa shape index (κ3) is 7.78. The summed E-state index contributed by atoms with van der Waals surface area (Å²) in [6.07, 6.45) is 3.37. The number of hydrogen-bond donors (Lipinski definition) is 1. The van der Waals surface area contributed by atoms with Crippen LogP contribution in [0.4, 0.5) is 0 Å². The highest BCUT2D eigenvalue weighted by molar-refractivity contribution is 9.11. The van der Waals surface area contributed by atoms with Crippen molar-refractivity contribution in [1.29, 1.82) is 0 Å². The quantitative estimate of drug-likeness (QED) is 0.370. The van der Waals surface area contributed by atoms with Crippen LogP contribution in [0.25, 0.3) is 0 Å². The number of unbranched alkanes of at least 4 members (excludes halogenated alkanes) is 1. The number of hydrogen-bond acceptors (Lipinski definition) is 3. The molecule has 2 aromatic rings. The molecule has 0 spiro atoms. The van der Waals surface area contributed by atoms with Crippen LogP contribution in [0.3, 0.4) is 0 Å². The average molecular weight is 485 g/mol. The van der Waals surface area contributed by atoms with Gasteiger partial charge in [-0.25, -0.2) is 0 Å². The van der Waals surface area contributed by atoms with E-state index in [0.29, 0.717) is 6.61 Å². The van der Waals surface area contributed by atoms with Crippen LogP contribution in [-0.4, -0.2) is 19.8 Å². The lowest BCUT2D eigenvalue weighted by Crippen LogP contribution is -2.16. The number of halogens is 2. The molecule has 0 bridgehead atoms. The Morgan fingerprint density at radius 2 is 1.62 bits per heavy atom. The van der Waals surface area contributed by atoms with E-state index in [2.05, 4.69) is 68.4 Å². The maximum Gasteiger partial charge on any atom is 0.148 e. The van der Waals surface area contributed by atoms with E-state index in [1.165, 1.54) is 12.0 Å². The van der Waals surface area contributed by atoms with Crippen LogP contribution in [0.5, 0.6) is 5.75 Å². The van der Waals surface area contributed by atoms with Gasteiger partial charge >= 0.3 is 0 Å². The van der Waals surface area contributed by atoms with Gasteiger partial charge in [-0.15, -0.1) is 0 Å². The second-order valence-corrected chi connectivity index (χ2v) is 7.87. The van der Waals surface area contributed by atoms with Gasteiger partial charge in [0.25, 0.3) is 0 Å². The Hall–Kier alpha value is -0.880.